The van der Waals surface area contributed by atoms with Crippen molar-refractivity contribution in [3.63, 3.8) is 0 Å². The zero-order valence-electron chi connectivity index (χ0n) is 9.63. The molecule has 0 aromatic rings. The molecule has 4 nitrogen and oxygen atoms in total. The highest BCUT2D eigenvalue weighted by atomic mass is 16.2. The van der Waals surface area contributed by atoms with E-state index in [0.717, 1.165) is 12.1 Å². The third-order valence-electron chi connectivity index (χ3n) is 4.69. The van der Waals surface area contributed by atoms with E-state index in [0.29, 0.717) is 16.7 Å². The summed E-state index contributed by atoms with van der Waals surface area (Å²) in [5, 5.41) is 4.14. The Morgan fingerprint density at radius 3 is 2.60 bits per heavy atom. The van der Waals surface area contributed by atoms with E-state index in [-0.39, 0.29) is 0 Å². The van der Waals surface area contributed by atoms with Crippen LogP contribution in [0.3, 0.4) is 0 Å². The number of hydrogen-bond acceptors (Lipinski definition) is 2. The minimum absolute atomic E-state index is 0.297. The van der Waals surface area contributed by atoms with Gasteiger partial charge < -0.3 is 5.73 Å². The summed E-state index contributed by atoms with van der Waals surface area (Å²) in [4.78, 5) is 10.6. The summed E-state index contributed by atoms with van der Waals surface area (Å²) in [5.74, 6) is 0.509. The van der Waals surface area contributed by atoms with Crippen molar-refractivity contribution in [2.45, 2.75) is 40.0 Å². The maximum absolute atomic E-state index is 10.6. The minimum Gasteiger partial charge on any atom is -0.350 e. The SMILES string of the molecule is CC1(C)[C@@H]2CC[C@@]1(C)C/C2=N\NC(N)=O. The van der Waals surface area contributed by atoms with Crippen LogP contribution in [0, 0.1) is 16.7 Å². The average molecular weight is 209 g/mol. The number of carbonyl (C=O) groups is 1. The zero-order valence-corrected chi connectivity index (χ0v) is 9.63. The Morgan fingerprint density at radius 1 is 1.53 bits per heavy atom. The first kappa shape index (κ1) is 10.5. The molecular formula is C11H19N3O. The Balaban J connectivity index is 2.22. The monoisotopic (exact) mass is 209 g/mol. The normalized spacial score (nSPS) is 39.7. The van der Waals surface area contributed by atoms with Gasteiger partial charge in [0, 0.05) is 11.6 Å². The highest BCUT2D eigenvalue weighted by Gasteiger charge is 2.59. The molecule has 0 spiro atoms. The van der Waals surface area contributed by atoms with Crippen LogP contribution in [0.4, 0.5) is 4.79 Å². The molecular weight excluding hydrogens is 190 g/mol. The van der Waals surface area contributed by atoms with Crippen molar-refractivity contribution in [3.05, 3.63) is 0 Å². The highest BCUT2D eigenvalue weighted by molar-refractivity contribution is 5.92. The largest absolute Gasteiger partial charge is 0.350 e. The van der Waals surface area contributed by atoms with Crippen LogP contribution in [-0.2, 0) is 0 Å². The Bertz CT molecular complexity index is 332. The van der Waals surface area contributed by atoms with Crippen molar-refractivity contribution in [2.24, 2.45) is 27.6 Å². The molecule has 0 aromatic heterocycles. The second-order valence-electron chi connectivity index (χ2n) is 5.63. The van der Waals surface area contributed by atoms with Gasteiger partial charge in [0.2, 0.25) is 0 Å². The van der Waals surface area contributed by atoms with Gasteiger partial charge in [-0.15, -0.1) is 0 Å². The highest BCUT2D eigenvalue weighted by Crippen LogP contribution is 2.64. The summed E-state index contributed by atoms with van der Waals surface area (Å²) in [6.07, 6.45) is 3.44. The molecule has 0 heterocycles. The fraction of sp³-hybridized carbons (Fsp3) is 0.818. The predicted molar refractivity (Wildman–Crippen MR) is 59.4 cm³/mol. The van der Waals surface area contributed by atoms with Crippen molar-refractivity contribution in [2.75, 3.05) is 0 Å². The van der Waals surface area contributed by atoms with Crippen LogP contribution in [0.15, 0.2) is 5.10 Å². The fourth-order valence-electron chi connectivity index (χ4n) is 3.23. The van der Waals surface area contributed by atoms with Crippen molar-refractivity contribution < 1.29 is 4.79 Å². The van der Waals surface area contributed by atoms with Crippen molar-refractivity contribution in [1.82, 2.24) is 5.43 Å². The lowest BCUT2D eigenvalue weighted by molar-refractivity contribution is 0.152. The standard InChI is InChI=1S/C11H19N3O/c1-10(2)7-4-5-11(10,3)6-8(7)13-14-9(12)15/h7H,4-6H2,1-3H3,(H3,12,14,15)/b13-8+/t7-,11+/m1/s1. The molecule has 4 heteroatoms. The number of urea groups is 1. The van der Waals surface area contributed by atoms with E-state index in [1.807, 2.05) is 0 Å². The lowest BCUT2D eigenvalue weighted by atomic mass is 9.71. The lowest BCUT2D eigenvalue weighted by Gasteiger charge is -2.33. The van der Waals surface area contributed by atoms with E-state index in [1.54, 1.807) is 0 Å². The third-order valence-corrected chi connectivity index (χ3v) is 4.69. The van der Waals surface area contributed by atoms with Gasteiger partial charge in [-0.3, -0.25) is 0 Å². The number of nitrogens with one attached hydrogen (secondary N) is 1. The Kier molecular flexibility index (Phi) is 2.07. The van der Waals surface area contributed by atoms with Crippen LogP contribution in [0.25, 0.3) is 0 Å². The summed E-state index contributed by atoms with van der Waals surface area (Å²) >= 11 is 0. The maximum atomic E-state index is 10.6. The van der Waals surface area contributed by atoms with Crippen LogP contribution in [-0.4, -0.2) is 11.7 Å². The summed E-state index contributed by atoms with van der Waals surface area (Å²) < 4.78 is 0. The van der Waals surface area contributed by atoms with Crippen molar-refractivity contribution >= 4 is 11.7 Å². The second kappa shape index (κ2) is 2.97. The first-order valence-electron chi connectivity index (χ1n) is 5.49. The zero-order chi connectivity index (χ0) is 11.3. The summed E-state index contributed by atoms with van der Waals surface area (Å²) in [6, 6.07) is -0.576. The van der Waals surface area contributed by atoms with Crippen LogP contribution < -0.4 is 11.2 Å². The molecule has 2 amide bonds. The van der Waals surface area contributed by atoms with E-state index in [2.05, 4.69) is 31.3 Å². The molecule has 0 saturated heterocycles. The molecule has 2 rings (SSSR count). The van der Waals surface area contributed by atoms with Gasteiger partial charge in [0.25, 0.3) is 0 Å². The molecule has 0 aliphatic heterocycles. The van der Waals surface area contributed by atoms with Crippen LogP contribution >= 0.6 is 0 Å². The number of primary amides is 1. The molecule has 2 aliphatic rings. The second-order valence-corrected chi connectivity index (χ2v) is 5.63. The molecule has 3 N–H and O–H groups in total. The third kappa shape index (κ3) is 1.34. The number of hydrogen-bond donors (Lipinski definition) is 2. The number of amides is 2. The number of hydrazone groups is 1. The number of nitrogens with zero attached hydrogens (tertiary/aromatic N) is 1. The number of nitrogens with two attached hydrogens (primary N) is 1. The smallest absolute Gasteiger partial charge is 0.332 e. The van der Waals surface area contributed by atoms with Gasteiger partial charge in [-0.1, -0.05) is 20.8 Å². The molecule has 15 heavy (non-hydrogen) atoms. The van der Waals surface area contributed by atoms with Gasteiger partial charge in [0.05, 0.1) is 0 Å². The summed E-state index contributed by atoms with van der Waals surface area (Å²) in [6.45, 7) is 6.93. The van der Waals surface area contributed by atoms with Gasteiger partial charge in [0.15, 0.2) is 0 Å². The van der Waals surface area contributed by atoms with E-state index < -0.39 is 6.03 Å². The minimum atomic E-state index is -0.576. The first-order chi connectivity index (χ1) is 6.87. The number of rotatable bonds is 1. The molecule has 2 aliphatic carbocycles. The summed E-state index contributed by atoms with van der Waals surface area (Å²) in [7, 11) is 0. The molecule has 2 atom stereocenters. The quantitative estimate of drug-likeness (QED) is 0.636. The van der Waals surface area contributed by atoms with E-state index >= 15 is 0 Å². The lowest BCUT2D eigenvalue weighted by Crippen LogP contribution is -2.28. The Labute approximate surface area is 90.3 Å². The van der Waals surface area contributed by atoms with Crippen LogP contribution in [0.5, 0.6) is 0 Å². The van der Waals surface area contributed by atoms with Crippen molar-refractivity contribution in [3.8, 4) is 0 Å². The molecule has 0 aromatic carbocycles. The fourth-order valence-corrected chi connectivity index (χ4v) is 3.23. The molecule has 84 valence electrons. The van der Waals surface area contributed by atoms with E-state index in [9.17, 15) is 4.79 Å². The van der Waals surface area contributed by atoms with Gasteiger partial charge in [0.1, 0.15) is 0 Å². The summed E-state index contributed by atoms with van der Waals surface area (Å²) in [5.41, 5.74) is 9.12. The first-order valence-corrected chi connectivity index (χ1v) is 5.49. The molecule has 2 saturated carbocycles. The van der Waals surface area contributed by atoms with Crippen LogP contribution in [0.1, 0.15) is 40.0 Å². The van der Waals surface area contributed by atoms with Crippen molar-refractivity contribution in [1.29, 1.82) is 0 Å². The van der Waals surface area contributed by atoms with Gasteiger partial charge in [-0.25, -0.2) is 10.2 Å². The molecule has 0 radical (unpaired) electrons. The molecule has 2 bridgehead atoms. The predicted octanol–water partition coefficient (Wildman–Crippen LogP) is 1.86. The van der Waals surface area contributed by atoms with E-state index in [1.165, 1.54) is 12.8 Å². The van der Waals surface area contributed by atoms with Gasteiger partial charge >= 0.3 is 6.03 Å². The maximum Gasteiger partial charge on any atom is 0.332 e. The van der Waals surface area contributed by atoms with Gasteiger partial charge in [-0.2, -0.15) is 5.10 Å². The average Bonchev–Trinajstić information content (AvgIpc) is 2.45. The molecule has 0 unspecified atom stereocenters. The van der Waals surface area contributed by atoms with Gasteiger partial charge in [-0.05, 0) is 30.1 Å². The van der Waals surface area contributed by atoms with E-state index in [4.69, 9.17) is 5.73 Å². The number of fused-ring (bicyclic) bond motifs is 2. The topological polar surface area (TPSA) is 67.5 Å². The molecule has 2 fully saturated rings. The Hall–Kier alpha value is -1.06. The van der Waals surface area contributed by atoms with Crippen LogP contribution in [0.2, 0.25) is 0 Å². The Morgan fingerprint density at radius 2 is 2.20 bits per heavy atom. The number of carbonyl (C=O) groups excluding carboxylic acids is 1.